The van der Waals surface area contributed by atoms with Crippen molar-refractivity contribution in [3.05, 3.63) is 68.7 Å². The SMILES string of the molecule is Cc1ccccc1C(=O)NNC(=S)Nc1cc([N+](=O)[O-])ccc1Cl. The van der Waals surface area contributed by atoms with Crippen LogP contribution >= 0.6 is 23.8 Å². The maximum absolute atomic E-state index is 12.1. The molecule has 0 heterocycles. The number of nitro benzene ring substituents is 1. The summed E-state index contributed by atoms with van der Waals surface area (Å²) in [4.78, 5) is 22.3. The Morgan fingerprint density at radius 2 is 1.92 bits per heavy atom. The molecular weight excluding hydrogens is 352 g/mol. The number of non-ortho nitro benzene ring substituents is 1. The number of hydrogen-bond donors (Lipinski definition) is 3. The molecule has 9 heteroatoms. The maximum Gasteiger partial charge on any atom is 0.271 e. The standard InChI is InChI=1S/C15H13ClN4O3S/c1-9-4-2-3-5-11(9)14(21)18-19-15(24)17-13-8-10(20(22)23)6-7-12(13)16/h2-8H,1H3,(H,18,21)(H2,17,19,24). The smallest absolute Gasteiger partial charge is 0.271 e. The minimum atomic E-state index is -0.544. The van der Waals surface area contributed by atoms with Gasteiger partial charge in [0, 0.05) is 17.7 Å². The lowest BCUT2D eigenvalue weighted by molar-refractivity contribution is -0.384. The fourth-order valence-electron chi connectivity index (χ4n) is 1.88. The molecule has 124 valence electrons. The number of amides is 1. The number of halogens is 1. The van der Waals surface area contributed by atoms with Gasteiger partial charge in [0.1, 0.15) is 0 Å². The second-order valence-corrected chi connectivity index (χ2v) is 5.58. The number of thiocarbonyl (C=S) groups is 1. The molecule has 24 heavy (non-hydrogen) atoms. The van der Waals surface area contributed by atoms with Crippen molar-refractivity contribution in [3.8, 4) is 0 Å². The largest absolute Gasteiger partial charge is 0.330 e. The van der Waals surface area contributed by atoms with Crippen LogP contribution in [0.4, 0.5) is 11.4 Å². The van der Waals surface area contributed by atoms with Crippen LogP contribution in [0.25, 0.3) is 0 Å². The van der Waals surface area contributed by atoms with E-state index < -0.39 is 4.92 Å². The molecular formula is C15H13ClN4O3S. The van der Waals surface area contributed by atoms with E-state index in [2.05, 4.69) is 16.2 Å². The van der Waals surface area contributed by atoms with Crippen molar-refractivity contribution in [2.24, 2.45) is 0 Å². The predicted molar refractivity (Wildman–Crippen MR) is 96.1 cm³/mol. The summed E-state index contributed by atoms with van der Waals surface area (Å²) < 4.78 is 0. The number of anilines is 1. The van der Waals surface area contributed by atoms with Gasteiger partial charge in [-0.3, -0.25) is 25.8 Å². The molecule has 0 unspecified atom stereocenters. The van der Waals surface area contributed by atoms with E-state index in [1.54, 1.807) is 12.1 Å². The Kier molecular flexibility index (Phi) is 5.67. The van der Waals surface area contributed by atoms with Gasteiger partial charge in [0.2, 0.25) is 0 Å². The number of carbonyl (C=O) groups is 1. The molecule has 0 saturated heterocycles. The van der Waals surface area contributed by atoms with Crippen LogP contribution in [0.15, 0.2) is 42.5 Å². The fraction of sp³-hybridized carbons (Fsp3) is 0.0667. The van der Waals surface area contributed by atoms with Crippen molar-refractivity contribution < 1.29 is 9.72 Å². The molecule has 0 bridgehead atoms. The minimum absolute atomic E-state index is 0.0410. The number of nitrogens with one attached hydrogen (secondary N) is 3. The topological polar surface area (TPSA) is 96.3 Å². The highest BCUT2D eigenvalue weighted by Crippen LogP contribution is 2.26. The zero-order chi connectivity index (χ0) is 17.7. The average molecular weight is 365 g/mol. The molecule has 1 amide bonds. The summed E-state index contributed by atoms with van der Waals surface area (Å²) in [5.74, 6) is -0.359. The number of nitrogens with zero attached hydrogens (tertiary/aromatic N) is 1. The van der Waals surface area contributed by atoms with E-state index >= 15 is 0 Å². The van der Waals surface area contributed by atoms with Gasteiger partial charge in [-0.1, -0.05) is 29.8 Å². The third-order valence-corrected chi connectivity index (χ3v) is 3.62. The molecule has 0 saturated carbocycles. The predicted octanol–water partition coefficient (Wildman–Crippen LogP) is 3.19. The summed E-state index contributed by atoms with van der Waals surface area (Å²) in [5, 5.41) is 13.8. The van der Waals surface area contributed by atoms with E-state index in [4.69, 9.17) is 23.8 Å². The van der Waals surface area contributed by atoms with Crippen molar-refractivity contribution in [2.75, 3.05) is 5.32 Å². The number of hydrogen-bond acceptors (Lipinski definition) is 4. The summed E-state index contributed by atoms with van der Waals surface area (Å²) in [7, 11) is 0. The van der Waals surface area contributed by atoms with Crippen molar-refractivity contribution in [1.29, 1.82) is 0 Å². The Hall–Kier alpha value is -2.71. The Bertz CT molecular complexity index is 813. The first-order valence-corrected chi connectivity index (χ1v) is 7.54. The molecule has 0 aliphatic carbocycles. The molecule has 0 radical (unpaired) electrons. The van der Waals surface area contributed by atoms with Crippen molar-refractivity contribution in [2.45, 2.75) is 6.92 Å². The highest BCUT2D eigenvalue weighted by molar-refractivity contribution is 7.80. The van der Waals surface area contributed by atoms with Gasteiger partial charge in [0.25, 0.3) is 11.6 Å². The lowest BCUT2D eigenvalue weighted by atomic mass is 10.1. The molecule has 0 aromatic heterocycles. The highest BCUT2D eigenvalue weighted by atomic mass is 35.5. The third kappa shape index (κ3) is 4.40. The van der Waals surface area contributed by atoms with E-state index in [1.165, 1.54) is 18.2 Å². The van der Waals surface area contributed by atoms with Crippen molar-refractivity contribution in [3.63, 3.8) is 0 Å². The van der Waals surface area contributed by atoms with Gasteiger partial charge in [0.15, 0.2) is 5.11 Å². The zero-order valence-corrected chi connectivity index (χ0v) is 14.1. The zero-order valence-electron chi connectivity index (χ0n) is 12.5. The van der Waals surface area contributed by atoms with Gasteiger partial charge in [-0.05, 0) is 36.8 Å². The van der Waals surface area contributed by atoms with Crippen LogP contribution in [-0.2, 0) is 0 Å². The molecule has 2 aromatic rings. The Morgan fingerprint density at radius 1 is 1.21 bits per heavy atom. The van der Waals surface area contributed by atoms with Crippen molar-refractivity contribution >= 4 is 46.2 Å². The first-order chi connectivity index (χ1) is 11.4. The van der Waals surface area contributed by atoms with E-state index in [-0.39, 0.29) is 27.4 Å². The van der Waals surface area contributed by atoms with Crippen LogP contribution in [-0.4, -0.2) is 15.9 Å². The molecule has 2 aromatic carbocycles. The molecule has 0 spiro atoms. The lowest BCUT2D eigenvalue weighted by Crippen LogP contribution is -2.44. The molecule has 7 nitrogen and oxygen atoms in total. The van der Waals surface area contributed by atoms with Gasteiger partial charge in [-0.25, -0.2) is 0 Å². The van der Waals surface area contributed by atoms with Gasteiger partial charge < -0.3 is 5.32 Å². The van der Waals surface area contributed by atoms with Gasteiger partial charge >= 0.3 is 0 Å². The molecule has 0 fully saturated rings. The van der Waals surface area contributed by atoms with E-state index in [1.807, 2.05) is 19.1 Å². The van der Waals surface area contributed by atoms with Crippen molar-refractivity contribution in [1.82, 2.24) is 10.9 Å². The monoisotopic (exact) mass is 364 g/mol. The fourth-order valence-corrected chi connectivity index (χ4v) is 2.21. The van der Waals surface area contributed by atoms with Gasteiger partial charge in [-0.2, -0.15) is 0 Å². The Balaban J connectivity index is 1.99. The second kappa shape index (κ2) is 7.71. The lowest BCUT2D eigenvalue weighted by Gasteiger charge is -2.13. The molecule has 0 aliphatic heterocycles. The van der Waals surface area contributed by atoms with Crippen LogP contribution in [0.1, 0.15) is 15.9 Å². The van der Waals surface area contributed by atoms with Crippen LogP contribution in [0.3, 0.4) is 0 Å². The number of rotatable bonds is 3. The van der Waals surface area contributed by atoms with Crippen LogP contribution in [0.5, 0.6) is 0 Å². The summed E-state index contributed by atoms with van der Waals surface area (Å²) in [6.07, 6.45) is 0. The van der Waals surface area contributed by atoms with Crippen LogP contribution in [0.2, 0.25) is 5.02 Å². The van der Waals surface area contributed by atoms with Gasteiger partial charge in [-0.15, -0.1) is 0 Å². The normalized spacial score (nSPS) is 9.92. The molecule has 3 N–H and O–H groups in total. The maximum atomic E-state index is 12.1. The summed E-state index contributed by atoms with van der Waals surface area (Å²) >= 11 is 11.0. The molecule has 2 rings (SSSR count). The Labute approximate surface area is 148 Å². The van der Waals surface area contributed by atoms with E-state index in [0.29, 0.717) is 5.56 Å². The minimum Gasteiger partial charge on any atom is -0.330 e. The van der Waals surface area contributed by atoms with Crippen LogP contribution in [0, 0.1) is 17.0 Å². The molecule has 0 aliphatic rings. The quantitative estimate of drug-likeness (QED) is 0.439. The first-order valence-electron chi connectivity index (χ1n) is 6.75. The molecule has 0 atom stereocenters. The number of hydrazine groups is 1. The van der Waals surface area contributed by atoms with E-state index in [9.17, 15) is 14.9 Å². The summed E-state index contributed by atoms with van der Waals surface area (Å²) in [6, 6.07) is 11.0. The first kappa shape index (κ1) is 17.6. The number of nitro groups is 1. The average Bonchev–Trinajstić information content (AvgIpc) is 2.55. The highest BCUT2D eigenvalue weighted by Gasteiger charge is 2.12. The second-order valence-electron chi connectivity index (χ2n) is 4.77. The number of benzene rings is 2. The third-order valence-electron chi connectivity index (χ3n) is 3.09. The summed E-state index contributed by atoms with van der Waals surface area (Å²) in [6.45, 7) is 1.81. The summed E-state index contributed by atoms with van der Waals surface area (Å²) in [5.41, 5.74) is 6.42. The van der Waals surface area contributed by atoms with Gasteiger partial charge in [0.05, 0.1) is 15.6 Å². The van der Waals surface area contributed by atoms with E-state index in [0.717, 1.165) is 5.56 Å². The Morgan fingerprint density at radius 3 is 2.58 bits per heavy atom. The van der Waals surface area contributed by atoms with Crippen LogP contribution < -0.4 is 16.2 Å². The number of carbonyl (C=O) groups excluding carboxylic acids is 1. The number of aryl methyl sites for hydroxylation is 1.